The molecule has 0 radical (unpaired) electrons. The highest BCUT2D eigenvalue weighted by atomic mass is 19.1. The summed E-state index contributed by atoms with van der Waals surface area (Å²) in [5, 5.41) is 6.57. The van der Waals surface area contributed by atoms with E-state index in [2.05, 4.69) is 15.8 Å². The first kappa shape index (κ1) is 24.4. The van der Waals surface area contributed by atoms with Gasteiger partial charge in [-0.2, -0.15) is 5.10 Å². The number of nitrogens with zero attached hydrogens (tertiary/aromatic N) is 1. The van der Waals surface area contributed by atoms with Gasteiger partial charge in [0, 0.05) is 11.3 Å². The average Bonchev–Trinajstić information content (AvgIpc) is 2.84. The van der Waals surface area contributed by atoms with Crippen LogP contribution in [-0.2, 0) is 16.2 Å². The Bertz CT molecular complexity index is 1220. The Kier molecular flexibility index (Phi) is 7.97. The number of carbonyl (C=O) groups is 2. The van der Waals surface area contributed by atoms with Crippen molar-refractivity contribution in [3.05, 3.63) is 88.7 Å². The standard InChI is InChI=1S/C26H26FN3O4/c1-16-5-11-22(13-17(16)2)28-25(31)26(32)30-29-18(3)20-8-12-23(24(14-20)33-4)34-15-19-6-9-21(27)10-7-19/h5-14H,15H2,1-4H3,(H,28,31)(H,30,32). The van der Waals surface area contributed by atoms with Crippen LogP contribution in [0.5, 0.6) is 11.5 Å². The zero-order chi connectivity index (χ0) is 24.7. The fourth-order valence-electron chi connectivity index (χ4n) is 3.01. The number of hydrazone groups is 1. The van der Waals surface area contributed by atoms with Gasteiger partial charge in [0.25, 0.3) is 0 Å². The Morgan fingerprint density at radius 1 is 0.912 bits per heavy atom. The fraction of sp³-hybridized carbons (Fsp3) is 0.192. The maximum Gasteiger partial charge on any atom is 0.329 e. The maximum absolute atomic E-state index is 13.1. The van der Waals surface area contributed by atoms with Crippen LogP contribution in [0.15, 0.2) is 65.8 Å². The Balaban J connectivity index is 1.62. The van der Waals surface area contributed by atoms with Crippen LogP contribution < -0.4 is 20.2 Å². The van der Waals surface area contributed by atoms with Gasteiger partial charge in [-0.15, -0.1) is 0 Å². The largest absolute Gasteiger partial charge is 0.493 e. The van der Waals surface area contributed by atoms with E-state index in [4.69, 9.17) is 9.47 Å². The SMILES string of the molecule is COc1cc(C(C)=NNC(=O)C(=O)Nc2ccc(C)c(C)c2)ccc1OCc1ccc(F)cc1. The van der Waals surface area contributed by atoms with Crippen LogP contribution in [0.3, 0.4) is 0 Å². The van der Waals surface area contributed by atoms with Gasteiger partial charge in [-0.1, -0.05) is 18.2 Å². The molecule has 0 aliphatic rings. The number of aryl methyl sites for hydroxylation is 2. The molecule has 0 spiro atoms. The Hall–Kier alpha value is -4.20. The number of amides is 2. The van der Waals surface area contributed by atoms with Gasteiger partial charge in [0.1, 0.15) is 12.4 Å². The Morgan fingerprint density at radius 3 is 2.32 bits per heavy atom. The molecule has 2 N–H and O–H groups in total. The highest BCUT2D eigenvalue weighted by Gasteiger charge is 2.14. The van der Waals surface area contributed by atoms with Crippen molar-refractivity contribution in [2.45, 2.75) is 27.4 Å². The summed E-state index contributed by atoms with van der Waals surface area (Å²) in [5.41, 5.74) is 6.84. The molecule has 0 aromatic heterocycles. The summed E-state index contributed by atoms with van der Waals surface area (Å²) in [7, 11) is 1.51. The molecule has 0 unspecified atom stereocenters. The molecule has 34 heavy (non-hydrogen) atoms. The van der Waals surface area contributed by atoms with E-state index in [0.29, 0.717) is 28.5 Å². The molecule has 3 rings (SSSR count). The predicted molar refractivity (Wildman–Crippen MR) is 129 cm³/mol. The number of ether oxygens (including phenoxy) is 2. The summed E-state index contributed by atoms with van der Waals surface area (Å²) < 4.78 is 24.2. The monoisotopic (exact) mass is 463 g/mol. The highest BCUT2D eigenvalue weighted by molar-refractivity contribution is 6.39. The fourth-order valence-corrected chi connectivity index (χ4v) is 3.01. The van der Waals surface area contributed by atoms with E-state index in [1.54, 1.807) is 49.4 Å². The van der Waals surface area contributed by atoms with Crippen LogP contribution in [0.4, 0.5) is 10.1 Å². The molecule has 3 aromatic carbocycles. The first-order valence-electron chi connectivity index (χ1n) is 10.6. The molecule has 3 aromatic rings. The van der Waals surface area contributed by atoms with Gasteiger partial charge in [0.15, 0.2) is 11.5 Å². The third kappa shape index (κ3) is 6.41. The van der Waals surface area contributed by atoms with E-state index in [-0.39, 0.29) is 12.4 Å². The lowest BCUT2D eigenvalue weighted by molar-refractivity contribution is -0.136. The van der Waals surface area contributed by atoms with Gasteiger partial charge < -0.3 is 14.8 Å². The van der Waals surface area contributed by atoms with Crippen LogP contribution in [0.25, 0.3) is 0 Å². The molecule has 0 aliphatic heterocycles. The molecule has 0 bridgehead atoms. The van der Waals surface area contributed by atoms with Crippen molar-refractivity contribution in [2.75, 3.05) is 12.4 Å². The van der Waals surface area contributed by atoms with Crippen molar-refractivity contribution >= 4 is 23.2 Å². The van der Waals surface area contributed by atoms with Crippen molar-refractivity contribution < 1.29 is 23.5 Å². The number of rotatable bonds is 7. The third-order valence-corrected chi connectivity index (χ3v) is 5.19. The van der Waals surface area contributed by atoms with Crippen molar-refractivity contribution in [1.82, 2.24) is 5.43 Å². The van der Waals surface area contributed by atoms with Gasteiger partial charge in [-0.25, -0.2) is 9.82 Å². The molecular formula is C26H26FN3O4. The van der Waals surface area contributed by atoms with Crippen LogP contribution in [0, 0.1) is 19.7 Å². The second kappa shape index (κ2) is 11.1. The summed E-state index contributed by atoms with van der Waals surface area (Å²) in [6, 6.07) is 16.6. The number of carbonyl (C=O) groups excluding carboxylic acids is 2. The number of nitrogens with one attached hydrogen (secondary N) is 2. The minimum absolute atomic E-state index is 0.245. The predicted octanol–water partition coefficient (Wildman–Crippen LogP) is 4.51. The molecular weight excluding hydrogens is 437 g/mol. The zero-order valence-corrected chi connectivity index (χ0v) is 19.4. The molecule has 0 atom stereocenters. The number of halogens is 1. The molecule has 0 saturated carbocycles. The number of anilines is 1. The van der Waals surface area contributed by atoms with E-state index >= 15 is 0 Å². The lowest BCUT2D eigenvalue weighted by Crippen LogP contribution is -2.33. The van der Waals surface area contributed by atoms with Crippen molar-refractivity contribution in [3.63, 3.8) is 0 Å². The molecule has 7 nitrogen and oxygen atoms in total. The van der Waals surface area contributed by atoms with E-state index in [9.17, 15) is 14.0 Å². The van der Waals surface area contributed by atoms with Crippen LogP contribution in [0.1, 0.15) is 29.2 Å². The minimum atomic E-state index is -0.885. The Morgan fingerprint density at radius 2 is 1.65 bits per heavy atom. The molecule has 2 amide bonds. The lowest BCUT2D eigenvalue weighted by Gasteiger charge is -2.12. The van der Waals surface area contributed by atoms with Crippen LogP contribution in [-0.4, -0.2) is 24.6 Å². The summed E-state index contributed by atoms with van der Waals surface area (Å²) in [6.45, 7) is 5.82. The average molecular weight is 464 g/mol. The van der Waals surface area contributed by atoms with E-state index in [1.165, 1.54) is 19.2 Å². The second-order valence-corrected chi connectivity index (χ2v) is 7.67. The van der Waals surface area contributed by atoms with Crippen LogP contribution in [0.2, 0.25) is 0 Å². The van der Waals surface area contributed by atoms with E-state index in [0.717, 1.165) is 16.7 Å². The van der Waals surface area contributed by atoms with Gasteiger partial charge >= 0.3 is 11.8 Å². The van der Waals surface area contributed by atoms with Gasteiger partial charge in [-0.05, 0) is 79.9 Å². The maximum atomic E-state index is 13.1. The van der Waals surface area contributed by atoms with Crippen molar-refractivity contribution in [3.8, 4) is 11.5 Å². The molecule has 0 aliphatic carbocycles. The van der Waals surface area contributed by atoms with Crippen molar-refractivity contribution in [2.24, 2.45) is 5.10 Å². The summed E-state index contributed by atoms with van der Waals surface area (Å²) in [6.07, 6.45) is 0. The van der Waals surface area contributed by atoms with Crippen molar-refractivity contribution in [1.29, 1.82) is 0 Å². The Labute approximate surface area is 197 Å². The molecule has 0 heterocycles. The van der Waals surface area contributed by atoms with E-state index < -0.39 is 11.8 Å². The van der Waals surface area contributed by atoms with Gasteiger partial charge in [-0.3, -0.25) is 9.59 Å². The third-order valence-electron chi connectivity index (χ3n) is 5.19. The smallest absolute Gasteiger partial charge is 0.329 e. The number of hydrogen-bond donors (Lipinski definition) is 2. The highest BCUT2D eigenvalue weighted by Crippen LogP contribution is 2.29. The molecule has 0 saturated heterocycles. The van der Waals surface area contributed by atoms with Crippen LogP contribution >= 0.6 is 0 Å². The van der Waals surface area contributed by atoms with E-state index in [1.807, 2.05) is 19.9 Å². The number of hydrogen-bond acceptors (Lipinski definition) is 5. The number of benzene rings is 3. The quantitative estimate of drug-likeness (QED) is 0.307. The summed E-state index contributed by atoms with van der Waals surface area (Å²) in [5.74, 6) is -1.05. The molecule has 8 heteroatoms. The first-order valence-corrected chi connectivity index (χ1v) is 10.6. The summed E-state index contributed by atoms with van der Waals surface area (Å²) >= 11 is 0. The van der Waals surface area contributed by atoms with Gasteiger partial charge in [0.05, 0.1) is 12.8 Å². The van der Waals surface area contributed by atoms with Gasteiger partial charge in [0.2, 0.25) is 0 Å². The second-order valence-electron chi connectivity index (χ2n) is 7.67. The first-order chi connectivity index (χ1) is 16.3. The molecule has 176 valence electrons. The summed E-state index contributed by atoms with van der Waals surface area (Å²) in [4.78, 5) is 24.3. The number of methoxy groups -OCH3 is 1. The minimum Gasteiger partial charge on any atom is -0.493 e. The zero-order valence-electron chi connectivity index (χ0n) is 19.4. The molecule has 0 fully saturated rings. The normalized spacial score (nSPS) is 11.0. The topological polar surface area (TPSA) is 89.0 Å². The lowest BCUT2D eigenvalue weighted by atomic mass is 10.1.